The van der Waals surface area contributed by atoms with Gasteiger partial charge in [-0.25, -0.2) is 0 Å². The maximum Gasteiger partial charge on any atom is 0.225 e. The van der Waals surface area contributed by atoms with Crippen LogP contribution in [-0.2, 0) is 4.79 Å². The molecule has 0 aromatic rings. The summed E-state index contributed by atoms with van der Waals surface area (Å²) in [6.07, 6.45) is 3.78. The summed E-state index contributed by atoms with van der Waals surface area (Å²) in [5, 5.41) is 0. The summed E-state index contributed by atoms with van der Waals surface area (Å²) < 4.78 is 0. The van der Waals surface area contributed by atoms with Gasteiger partial charge in [-0.2, -0.15) is 0 Å². The molecule has 86 valence electrons. The van der Waals surface area contributed by atoms with Crippen molar-refractivity contribution in [3.63, 3.8) is 0 Å². The molecule has 0 aromatic heterocycles. The van der Waals surface area contributed by atoms with Gasteiger partial charge in [-0.3, -0.25) is 4.79 Å². The van der Waals surface area contributed by atoms with Crippen molar-refractivity contribution in [2.45, 2.75) is 32.2 Å². The molecule has 0 radical (unpaired) electrons. The van der Waals surface area contributed by atoms with Crippen LogP contribution in [0.3, 0.4) is 0 Å². The molecule has 0 spiro atoms. The maximum absolute atomic E-state index is 11.8. The molecule has 2 atom stereocenters. The first-order chi connectivity index (χ1) is 7.09. The number of carbonyl (C=O) groups excluding carboxylic acids is 1. The second-order valence-electron chi connectivity index (χ2n) is 5.29. The van der Waals surface area contributed by atoms with Gasteiger partial charge in [0.1, 0.15) is 0 Å². The Kier molecular flexibility index (Phi) is 3.01. The van der Waals surface area contributed by atoms with Crippen molar-refractivity contribution in [3.8, 4) is 0 Å². The molecule has 0 saturated heterocycles. The highest BCUT2D eigenvalue weighted by Crippen LogP contribution is 2.38. The van der Waals surface area contributed by atoms with Crippen LogP contribution in [0.5, 0.6) is 0 Å². The van der Waals surface area contributed by atoms with E-state index in [0.29, 0.717) is 17.7 Å². The number of carbonyl (C=O) groups is 1. The number of hydrogen-bond donors (Lipinski definition) is 0. The van der Waals surface area contributed by atoms with Gasteiger partial charge in [0, 0.05) is 32.1 Å². The molecule has 0 aliphatic heterocycles. The van der Waals surface area contributed by atoms with Gasteiger partial charge in [-0.1, -0.05) is 6.92 Å². The van der Waals surface area contributed by atoms with Crippen LogP contribution in [0.25, 0.3) is 0 Å². The fourth-order valence-electron chi connectivity index (χ4n) is 2.07. The van der Waals surface area contributed by atoms with Gasteiger partial charge in [0.15, 0.2) is 0 Å². The molecule has 0 heterocycles. The average molecular weight is 210 g/mol. The lowest BCUT2D eigenvalue weighted by Crippen LogP contribution is -2.36. The first kappa shape index (κ1) is 10.9. The van der Waals surface area contributed by atoms with Crippen LogP contribution >= 0.6 is 0 Å². The van der Waals surface area contributed by atoms with Gasteiger partial charge in [-0.15, -0.1) is 0 Å². The Morgan fingerprint density at radius 1 is 1.27 bits per heavy atom. The molecule has 3 nitrogen and oxygen atoms in total. The quantitative estimate of drug-likeness (QED) is 0.680. The lowest BCUT2D eigenvalue weighted by molar-refractivity contribution is -0.131. The molecule has 2 saturated carbocycles. The van der Waals surface area contributed by atoms with E-state index in [-0.39, 0.29) is 0 Å². The zero-order valence-corrected chi connectivity index (χ0v) is 10.1. The fraction of sp³-hybridized carbons (Fsp3) is 0.917. The van der Waals surface area contributed by atoms with Crippen molar-refractivity contribution >= 4 is 5.91 Å². The van der Waals surface area contributed by atoms with Crippen molar-refractivity contribution in [2.75, 3.05) is 27.2 Å². The SMILES string of the molecule is C[C@H]1C[C@H]1C(=O)N(C)CCN(C)C1CC1. The van der Waals surface area contributed by atoms with Gasteiger partial charge in [0.25, 0.3) is 0 Å². The minimum atomic E-state index is 0.334. The van der Waals surface area contributed by atoms with Crippen LogP contribution in [0, 0.1) is 11.8 Å². The minimum absolute atomic E-state index is 0.334. The van der Waals surface area contributed by atoms with E-state index in [0.717, 1.165) is 25.6 Å². The molecular formula is C12H22N2O. The van der Waals surface area contributed by atoms with Crippen LogP contribution in [0.2, 0.25) is 0 Å². The monoisotopic (exact) mass is 210 g/mol. The summed E-state index contributed by atoms with van der Waals surface area (Å²) in [5.74, 6) is 1.31. The summed E-state index contributed by atoms with van der Waals surface area (Å²) in [7, 11) is 4.10. The van der Waals surface area contributed by atoms with E-state index in [9.17, 15) is 4.79 Å². The predicted octanol–water partition coefficient (Wildman–Crippen LogP) is 1.19. The second kappa shape index (κ2) is 4.12. The Hall–Kier alpha value is -0.570. The van der Waals surface area contributed by atoms with Crippen LogP contribution < -0.4 is 0 Å². The summed E-state index contributed by atoms with van der Waals surface area (Å²) in [4.78, 5) is 16.1. The first-order valence-electron chi connectivity index (χ1n) is 6.05. The second-order valence-corrected chi connectivity index (χ2v) is 5.29. The summed E-state index contributed by atoms with van der Waals surface area (Å²) >= 11 is 0. The van der Waals surface area contributed by atoms with Gasteiger partial charge in [0.2, 0.25) is 5.91 Å². The molecule has 0 N–H and O–H groups in total. The van der Waals surface area contributed by atoms with Crippen molar-refractivity contribution in [1.29, 1.82) is 0 Å². The first-order valence-corrected chi connectivity index (χ1v) is 6.05. The van der Waals surface area contributed by atoms with Crippen LogP contribution in [0.1, 0.15) is 26.2 Å². The molecule has 1 amide bonds. The lowest BCUT2D eigenvalue weighted by Gasteiger charge is -2.22. The molecule has 0 unspecified atom stereocenters. The van der Waals surface area contributed by atoms with Gasteiger partial charge >= 0.3 is 0 Å². The predicted molar refractivity (Wildman–Crippen MR) is 60.6 cm³/mol. The molecule has 2 rings (SSSR count). The smallest absolute Gasteiger partial charge is 0.225 e. The Bertz CT molecular complexity index is 250. The Morgan fingerprint density at radius 3 is 2.33 bits per heavy atom. The number of amides is 1. The normalized spacial score (nSPS) is 29.3. The van der Waals surface area contributed by atoms with E-state index >= 15 is 0 Å². The molecule has 0 bridgehead atoms. The van der Waals surface area contributed by atoms with Gasteiger partial charge < -0.3 is 9.80 Å². The summed E-state index contributed by atoms with van der Waals surface area (Å²) in [6.45, 7) is 4.07. The lowest BCUT2D eigenvalue weighted by atomic mass is 10.3. The van der Waals surface area contributed by atoms with Crippen molar-refractivity contribution in [2.24, 2.45) is 11.8 Å². The highest BCUT2D eigenvalue weighted by molar-refractivity contribution is 5.81. The van der Waals surface area contributed by atoms with Gasteiger partial charge in [-0.05, 0) is 32.2 Å². The van der Waals surface area contributed by atoms with E-state index in [1.165, 1.54) is 12.8 Å². The van der Waals surface area contributed by atoms with Crippen molar-refractivity contribution in [3.05, 3.63) is 0 Å². The largest absolute Gasteiger partial charge is 0.344 e. The zero-order valence-electron chi connectivity index (χ0n) is 10.1. The van der Waals surface area contributed by atoms with E-state index < -0.39 is 0 Å². The zero-order chi connectivity index (χ0) is 11.0. The van der Waals surface area contributed by atoms with E-state index in [1.54, 1.807) is 0 Å². The third-order valence-electron chi connectivity index (χ3n) is 3.76. The van der Waals surface area contributed by atoms with E-state index in [1.807, 2.05) is 11.9 Å². The van der Waals surface area contributed by atoms with E-state index in [2.05, 4.69) is 18.9 Å². The number of hydrogen-bond acceptors (Lipinski definition) is 2. The number of nitrogens with zero attached hydrogens (tertiary/aromatic N) is 2. The molecule has 0 aromatic carbocycles. The van der Waals surface area contributed by atoms with Crippen LogP contribution in [0.15, 0.2) is 0 Å². The fourth-order valence-corrected chi connectivity index (χ4v) is 2.07. The Morgan fingerprint density at radius 2 is 1.87 bits per heavy atom. The third-order valence-corrected chi connectivity index (χ3v) is 3.76. The van der Waals surface area contributed by atoms with Crippen LogP contribution in [-0.4, -0.2) is 48.9 Å². The minimum Gasteiger partial charge on any atom is -0.344 e. The standard InChI is InChI=1S/C12H22N2O/c1-9-8-11(9)12(15)14(3)7-6-13(2)10-4-5-10/h9-11H,4-8H2,1-3H3/t9-,11+/m0/s1. The molecule has 3 heteroatoms. The highest BCUT2D eigenvalue weighted by atomic mass is 16.2. The maximum atomic E-state index is 11.8. The third kappa shape index (κ3) is 2.71. The molecule has 2 aliphatic rings. The van der Waals surface area contributed by atoms with Crippen LogP contribution in [0.4, 0.5) is 0 Å². The molecule has 2 fully saturated rings. The highest BCUT2D eigenvalue weighted by Gasteiger charge is 2.40. The molecular weight excluding hydrogens is 188 g/mol. The number of rotatable bonds is 5. The summed E-state index contributed by atoms with van der Waals surface area (Å²) in [6, 6.07) is 0.799. The van der Waals surface area contributed by atoms with Gasteiger partial charge in [0.05, 0.1) is 0 Å². The summed E-state index contributed by atoms with van der Waals surface area (Å²) in [5.41, 5.74) is 0. The van der Waals surface area contributed by atoms with Crippen molar-refractivity contribution < 1.29 is 4.79 Å². The Balaban J connectivity index is 1.67. The number of likely N-dealkylation sites (N-methyl/N-ethyl adjacent to an activating group) is 2. The van der Waals surface area contributed by atoms with E-state index in [4.69, 9.17) is 0 Å². The van der Waals surface area contributed by atoms with Crippen molar-refractivity contribution in [1.82, 2.24) is 9.80 Å². The Labute approximate surface area is 92.4 Å². The molecule has 2 aliphatic carbocycles. The topological polar surface area (TPSA) is 23.6 Å². The average Bonchev–Trinajstić information content (AvgIpc) is 3.05. The molecule has 15 heavy (non-hydrogen) atoms.